The molecule has 2 nitrogen and oxygen atoms in total. The van der Waals surface area contributed by atoms with Gasteiger partial charge in [-0.15, -0.1) is 11.8 Å². The van der Waals surface area contributed by atoms with Gasteiger partial charge in [0.25, 0.3) is 0 Å². The molecule has 0 saturated carbocycles. The molecule has 0 atom stereocenters. The van der Waals surface area contributed by atoms with Crippen LogP contribution in [0.1, 0.15) is 16.7 Å². The fraction of sp³-hybridized carbons (Fsp3) is 0.250. The third-order valence-electron chi connectivity index (χ3n) is 3.37. The highest BCUT2D eigenvalue weighted by molar-refractivity contribution is 7.98. The van der Waals surface area contributed by atoms with Gasteiger partial charge in [0.2, 0.25) is 0 Å². The maximum Gasteiger partial charge on any atom is 0.126 e. The summed E-state index contributed by atoms with van der Waals surface area (Å²) < 4.78 is 5.72. The van der Waals surface area contributed by atoms with E-state index >= 15 is 0 Å². The van der Waals surface area contributed by atoms with Gasteiger partial charge in [-0.3, -0.25) is 0 Å². The number of hydrogen-bond donors (Lipinski definition) is 1. The molecule has 0 aromatic heterocycles. The molecular formula is C16H16ClNOS. The van der Waals surface area contributed by atoms with Crippen molar-refractivity contribution in [2.45, 2.75) is 24.0 Å². The highest BCUT2D eigenvalue weighted by Gasteiger charge is 2.17. The second-order valence-corrected chi connectivity index (χ2v) is 6.44. The fourth-order valence-corrected chi connectivity index (χ4v) is 3.59. The Hall–Kier alpha value is -1.32. The summed E-state index contributed by atoms with van der Waals surface area (Å²) in [7, 11) is 0. The van der Waals surface area contributed by atoms with Crippen LogP contribution < -0.4 is 10.5 Å². The van der Waals surface area contributed by atoms with E-state index in [1.54, 1.807) is 11.8 Å². The molecule has 0 aliphatic carbocycles. The number of nitrogen functional groups attached to an aromatic ring is 1. The van der Waals surface area contributed by atoms with Crippen molar-refractivity contribution in [2.75, 3.05) is 12.3 Å². The van der Waals surface area contributed by atoms with Crippen LogP contribution in [0.2, 0.25) is 5.02 Å². The molecule has 1 aliphatic rings. The number of aryl methyl sites for hydroxylation is 1. The quantitative estimate of drug-likeness (QED) is 0.672. The molecule has 2 aromatic carbocycles. The maximum atomic E-state index is 6.17. The van der Waals surface area contributed by atoms with Gasteiger partial charge in [0.1, 0.15) is 5.75 Å². The van der Waals surface area contributed by atoms with Gasteiger partial charge in [-0.2, -0.15) is 0 Å². The van der Waals surface area contributed by atoms with Gasteiger partial charge in [0, 0.05) is 33.3 Å². The van der Waals surface area contributed by atoms with Crippen molar-refractivity contribution in [2.24, 2.45) is 0 Å². The summed E-state index contributed by atoms with van der Waals surface area (Å²) in [6.07, 6.45) is 0.945. The Labute approximate surface area is 128 Å². The second-order valence-electron chi connectivity index (χ2n) is 4.98. The molecule has 0 spiro atoms. The van der Waals surface area contributed by atoms with E-state index in [1.807, 2.05) is 25.1 Å². The van der Waals surface area contributed by atoms with Crippen LogP contribution in [0.3, 0.4) is 0 Å². The molecule has 20 heavy (non-hydrogen) atoms. The zero-order chi connectivity index (χ0) is 14.1. The van der Waals surface area contributed by atoms with Crippen LogP contribution in [-0.2, 0) is 12.2 Å². The van der Waals surface area contributed by atoms with E-state index in [-0.39, 0.29) is 0 Å². The average Bonchev–Trinajstić information content (AvgIpc) is 2.85. The van der Waals surface area contributed by atoms with Gasteiger partial charge in [-0.25, -0.2) is 0 Å². The minimum Gasteiger partial charge on any atom is -0.493 e. The molecule has 0 unspecified atom stereocenters. The van der Waals surface area contributed by atoms with Crippen molar-refractivity contribution in [3.05, 3.63) is 52.0 Å². The van der Waals surface area contributed by atoms with E-state index in [0.29, 0.717) is 0 Å². The SMILES string of the molecule is Cc1ccc(SCc2cc(Cl)cc3c2OCC3)c(N)c1. The first-order chi connectivity index (χ1) is 9.63. The number of rotatable bonds is 3. The monoisotopic (exact) mass is 305 g/mol. The summed E-state index contributed by atoms with van der Waals surface area (Å²) in [6, 6.07) is 10.1. The van der Waals surface area contributed by atoms with Crippen molar-refractivity contribution < 1.29 is 4.74 Å². The first-order valence-electron chi connectivity index (χ1n) is 6.56. The number of anilines is 1. The molecule has 1 heterocycles. The summed E-state index contributed by atoms with van der Waals surface area (Å²) in [6.45, 7) is 2.79. The van der Waals surface area contributed by atoms with Gasteiger partial charge in [-0.05, 0) is 42.3 Å². The molecular weight excluding hydrogens is 290 g/mol. The maximum absolute atomic E-state index is 6.17. The van der Waals surface area contributed by atoms with Crippen molar-refractivity contribution in [3.63, 3.8) is 0 Å². The lowest BCUT2D eigenvalue weighted by Crippen LogP contribution is -1.93. The number of thioether (sulfide) groups is 1. The molecule has 2 N–H and O–H groups in total. The summed E-state index contributed by atoms with van der Waals surface area (Å²) in [5, 5.41) is 0.779. The van der Waals surface area contributed by atoms with Crippen molar-refractivity contribution in [1.82, 2.24) is 0 Å². The van der Waals surface area contributed by atoms with E-state index in [1.165, 1.54) is 11.1 Å². The predicted molar refractivity (Wildman–Crippen MR) is 85.8 cm³/mol. The minimum atomic E-state index is 0.750. The highest BCUT2D eigenvalue weighted by Crippen LogP contribution is 2.37. The largest absolute Gasteiger partial charge is 0.493 e. The Morgan fingerprint density at radius 1 is 1.30 bits per heavy atom. The number of nitrogens with two attached hydrogens (primary N) is 1. The first-order valence-corrected chi connectivity index (χ1v) is 7.93. The molecule has 0 fully saturated rings. The van der Waals surface area contributed by atoms with E-state index < -0.39 is 0 Å². The average molecular weight is 306 g/mol. The zero-order valence-corrected chi connectivity index (χ0v) is 12.9. The Morgan fingerprint density at radius 2 is 2.15 bits per heavy atom. The van der Waals surface area contributed by atoms with E-state index in [9.17, 15) is 0 Å². The van der Waals surface area contributed by atoms with Crippen LogP contribution in [0, 0.1) is 6.92 Å². The summed E-state index contributed by atoms with van der Waals surface area (Å²) >= 11 is 7.89. The molecule has 0 amide bonds. The molecule has 0 saturated heterocycles. The topological polar surface area (TPSA) is 35.2 Å². The Balaban J connectivity index is 1.82. The molecule has 0 bridgehead atoms. The third kappa shape index (κ3) is 2.74. The van der Waals surface area contributed by atoms with Crippen LogP contribution in [0.15, 0.2) is 35.2 Å². The smallest absolute Gasteiger partial charge is 0.126 e. The number of ether oxygens (including phenoxy) is 1. The van der Waals surface area contributed by atoms with E-state index in [0.717, 1.165) is 45.7 Å². The van der Waals surface area contributed by atoms with Gasteiger partial charge >= 0.3 is 0 Å². The Bertz CT molecular complexity index is 657. The van der Waals surface area contributed by atoms with Crippen LogP contribution in [0.25, 0.3) is 0 Å². The fourth-order valence-electron chi connectivity index (χ4n) is 2.41. The van der Waals surface area contributed by atoms with E-state index in [2.05, 4.69) is 12.1 Å². The van der Waals surface area contributed by atoms with Crippen LogP contribution in [0.5, 0.6) is 5.75 Å². The van der Waals surface area contributed by atoms with Crippen molar-refractivity contribution in [3.8, 4) is 5.75 Å². The molecule has 1 aliphatic heterocycles. The Kier molecular flexibility index (Phi) is 3.81. The van der Waals surface area contributed by atoms with Crippen LogP contribution in [-0.4, -0.2) is 6.61 Å². The Morgan fingerprint density at radius 3 is 2.95 bits per heavy atom. The van der Waals surface area contributed by atoms with Gasteiger partial charge in [0.05, 0.1) is 6.61 Å². The number of benzene rings is 2. The lowest BCUT2D eigenvalue weighted by atomic mass is 10.1. The minimum absolute atomic E-state index is 0.750. The zero-order valence-electron chi connectivity index (χ0n) is 11.3. The van der Waals surface area contributed by atoms with Gasteiger partial charge in [0.15, 0.2) is 0 Å². The van der Waals surface area contributed by atoms with E-state index in [4.69, 9.17) is 22.1 Å². The van der Waals surface area contributed by atoms with Crippen molar-refractivity contribution in [1.29, 1.82) is 0 Å². The van der Waals surface area contributed by atoms with Crippen molar-refractivity contribution >= 4 is 29.1 Å². The molecule has 0 radical (unpaired) electrons. The summed E-state index contributed by atoms with van der Waals surface area (Å²) in [5.74, 6) is 1.82. The number of halogens is 1. The molecule has 104 valence electrons. The third-order valence-corrected chi connectivity index (χ3v) is 4.73. The van der Waals surface area contributed by atoms with Gasteiger partial charge < -0.3 is 10.5 Å². The number of fused-ring (bicyclic) bond motifs is 1. The predicted octanol–water partition coefficient (Wildman–Crippen LogP) is 4.46. The molecule has 3 rings (SSSR count). The first kappa shape index (κ1) is 13.7. The lowest BCUT2D eigenvalue weighted by Gasteiger charge is -2.10. The normalized spacial score (nSPS) is 13.1. The highest BCUT2D eigenvalue weighted by atomic mass is 35.5. The van der Waals surface area contributed by atoms with Crippen LogP contribution >= 0.6 is 23.4 Å². The summed E-state index contributed by atoms with van der Waals surface area (Å²) in [5.41, 5.74) is 10.4. The molecule has 4 heteroatoms. The molecule has 2 aromatic rings. The van der Waals surface area contributed by atoms with Crippen LogP contribution in [0.4, 0.5) is 5.69 Å². The lowest BCUT2D eigenvalue weighted by molar-refractivity contribution is 0.354. The standard InChI is InChI=1S/C16H16ClNOS/c1-10-2-3-15(14(18)6-10)20-9-12-8-13(17)7-11-4-5-19-16(11)12/h2-3,6-8H,4-5,9,18H2,1H3. The second kappa shape index (κ2) is 5.58. The van der Waals surface area contributed by atoms with Gasteiger partial charge in [-0.1, -0.05) is 17.7 Å². The number of hydrogen-bond acceptors (Lipinski definition) is 3. The summed E-state index contributed by atoms with van der Waals surface area (Å²) in [4.78, 5) is 1.10.